The molecule has 0 radical (unpaired) electrons. The first-order valence-electron chi connectivity index (χ1n) is 6.79. The average Bonchev–Trinajstić information content (AvgIpc) is 2.87. The van der Waals surface area contributed by atoms with Gasteiger partial charge in [-0.25, -0.2) is 4.68 Å². The molecule has 0 aliphatic carbocycles. The second-order valence-electron chi connectivity index (χ2n) is 5.37. The van der Waals surface area contributed by atoms with Crippen molar-refractivity contribution in [1.29, 1.82) is 0 Å². The van der Waals surface area contributed by atoms with Crippen molar-refractivity contribution in [3.05, 3.63) is 45.3 Å². The molecular formula is C14H19N5O2. The molecule has 0 atom stereocenters. The molecule has 2 aromatic rings. The molecule has 0 saturated carbocycles. The monoisotopic (exact) mass is 289 g/mol. The van der Waals surface area contributed by atoms with E-state index in [9.17, 15) is 10.1 Å². The lowest BCUT2D eigenvalue weighted by Gasteiger charge is -2.07. The van der Waals surface area contributed by atoms with Gasteiger partial charge in [-0.2, -0.15) is 0 Å². The highest BCUT2D eigenvalue weighted by molar-refractivity contribution is 5.52. The Balaban J connectivity index is 2.30. The van der Waals surface area contributed by atoms with Crippen LogP contribution in [0.3, 0.4) is 0 Å². The van der Waals surface area contributed by atoms with Gasteiger partial charge in [0.25, 0.3) is 5.69 Å². The van der Waals surface area contributed by atoms with Gasteiger partial charge in [0.05, 0.1) is 22.5 Å². The molecular weight excluding hydrogens is 270 g/mol. The molecule has 2 rings (SSSR count). The van der Waals surface area contributed by atoms with Gasteiger partial charge in [0, 0.05) is 24.2 Å². The quantitative estimate of drug-likeness (QED) is 0.674. The summed E-state index contributed by atoms with van der Waals surface area (Å²) in [5, 5.41) is 22.4. The normalized spacial score (nSPS) is 11.1. The molecule has 1 N–H and O–H groups in total. The van der Waals surface area contributed by atoms with Crippen molar-refractivity contribution in [3.8, 4) is 5.69 Å². The molecule has 0 bridgehead atoms. The molecule has 0 aliphatic heterocycles. The summed E-state index contributed by atoms with van der Waals surface area (Å²) >= 11 is 0. The number of benzene rings is 1. The van der Waals surface area contributed by atoms with Gasteiger partial charge in [0.15, 0.2) is 0 Å². The summed E-state index contributed by atoms with van der Waals surface area (Å²) in [5.41, 5.74) is 3.16. The number of aryl methyl sites for hydroxylation is 2. The Morgan fingerprint density at radius 2 is 2.05 bits per heavy atom. The Morgan fingerprint density at radius 1 is 1.33 bits per heavy atom. The van der Waals surface area contributed by atoms with Crippen LogP contribution in [-0.2, 0) is 6.54 Å². The standard InChI is InChI=1S/C14H19N5O2/c1-9(2)15-7-12-8-18(17-16-12)13-5-11(4)14(19(20)21)6-10(13)3/h5-6,8-9,15H,7H2,1-4H3. The van der Waals surface area contributed by atoms with Crippen LogP contribution in [0.1, 0.15) is 30.7 Å². The molecule has 112 valence electrons. The van der Waals surface area contributed by atoms with Crippen LogP contribution in [0.4, 0.5) is 5.69 Å². The number of nitro benzene ring substituents is 1. The Labute approximate surface area is 123 Å². The average molecular weight is 289 g/mol. The maximum absolute atomic E-state index is 10.9. The van der Waals surface area contributed by atoms with E-state index in [4.69, 9.17) is 0 Å². The Hall–Kier alpha value is -2.28. The van der Waals surface area contributed by atoms with Gasteiger partial charge in [0.2, 0.25) is 0 Å². The first-order chi connectivity index (χ1) is 9.88. The van der Waals surface area contributed by atoms with Gasteiger partial charge >= 0.3 is 0 Å². The van der Waals surface area contributed by atoms with E-state index in [0.29, 0.717) is 18.2 Å². The van der Waals surface area contributed by atoms with Crippen LogP contribution in [0.2, 0.25) is 0 Å². The summed E-state index contributed by atoms with van der Waals surface area (Å²) < 4.78 is 1.66. The summed E-state index contributed by atoms with van der Waals surface area (Å²) in [7, 11) is 0. The van der Waals surface area contributed by atoms with Gasteiger partial charge < -0.3 is 5.32 Å². The highest BCUT2D eigenvalue weighted by atomic mass is 16.6. The van der Waals surface area contributed by atoms with Gasteiger partial charge in [-0.1, -0.05) is 19.1 Å². The van der Waals surface area contributed by atoms with Crippen LogP contribution in [0.25, 0.3) is 5.69 Å². The van der Waals surface area contributed by atoms with Crippen molar-refractivity contribution in [2.75, 3.05) is 0 Å². The SMILES string of the molecule is Cc1cc([N+](=O)[O-])c(C)cc1-n1cc(CNC(C)C)nn1. The van der Waals surface area contributed by atoms with Crippen LogP contribution in [0.15, 0.2) is 18.3 Å². The van der Waals surface area contributed by atoms with Crippen LogP contribution >= 0.6 is 0 Å². The van der Waals surface area contributed by atoms with Gasteiger partial charge in [0.1, 0.15) is 0 Å². The Kier molecular flexibility index (Phi) is 4.32. The van der Waals surface area contributed by atoms with Crippen LogP contribution in [-0.4, -0.2) is 26.0 Å². The largest absolute Gasteiger partial charge is 0.309 e. The van der Waals surface area contributed by atoms with E-state index < -0.39 is 0 Å². The molecule has 0 spiro atoms. The van der Waals surface area contributed by atoms with E-state index in [-0.39, 0.29) is 10.6 Å². The molecule has 0 aliphatic rings. The third-order valence-corrected chi connectivity index (χ3v) is 3.19. The molecule has 1 aromatic heterocycles. The minimum Gasteiger partial charge on any atom is -0.309 e. The van der Waals surface area contributed by atoms with Gasteiger partial charge in [-0.15, -0.1) is 5.10 Å². The Morgan fingerprint density at radius 3 is 2.67 bits per heavy atom. The zero-order chi connectivity index (χ0) is 15.6. The number of nitrogens with one attached hydrogen (secondary N) is 1. The summed E-state index contributed by atoms with van der Waals surface area (Å²) in [5.74, 6) is 0. The third kappa shape index (κ3) is 3.43. The van der Waals surface area contributed by atoms with Crippen LogP contribution in [0, 0.1) is 24.0 Å². The molecule has 0 amide bonds. The number of hydrogen-bond acceptors (Lipinski definition) is 5. The number of nitrogens with zero attached hydrogens (tertiary/aromatic N) is 4. The maximum atomic E-state index is 10.9. The zero-order valence-electron chi connectivity index (χ0n) is 12.6. The first kappa shape index (κ1) is 15.1. The number of rotatable bonds is 5. The minimum absolute atomic E-state index is 0.123. The fourth-order valence-electron chi connectivity index (χ4n) is 2.04. The lowest BCUT2D eigenvalue weighted by Crippen LogP contribution is -2.21. The third-order valence-electron chi connectivity index (χ3n) is 3.19. The smallest absolute Gasteiger partial charge is 0.272 e. The summed E-state index contributed by atoms with van der Waals surface area (Å²) in [6, 6.07) is 3.71. The first-order valence-corrected chi connectivity index (χ1v) is 6.79. The molecule has 1 aromatic carbocycles. The zero-order valence-corrected chi connectivity index (χ0v) is 12.6. The lowest BCUT2D eigenvalue weighted by atomic mass is 10.1. The van der Waals surface area contributed by atoms with Gasteiger partial charge in [-0.3, -0.25) is 10.1 Å². The molecule has 7 nitrogen and oxygen atoms in total. The van der Waals surface area contributed by atoms with E-state index in [1.807, 2.05) is 13.1 Å². The molecule has 0 saturated heterocycles. The summed E-state index contributed by atoms with van der Waals surface area (Å²) in [4.78, 5) is 10.6. The fraction of sp³-hybridized carbons (Fsp3) is 0.429. The maximum Gasteiger partial charge on any atom is 0.272 e. The van der Waals surface area contributed by atoms with Crippen LogP contribution < -0.4 is 5.32 Å². The topological polar surface area (TPSA) is 85.9 Å². The van der Waals surface area contributed by atoms with E-state index in [1.54, 1.807) is 23.7 Å². The molecule has 1 heterocycles. The minimum atomic E-state index is -0.370. The summed E-state index contributed by atoms with van der Waals surface area (Å²) in [6.07, 6.45) is 1.84. The summed E-state index contributed by atoms with van der Waals surface area (Å²) in [6.45, 7) is 8.32. The molecule has 0 unspecified atom stereocenters. The highest BCUT2D eigenvalue weighted by Gasteiger charge is 2.15. The fourth-order valence-corrected chi connectivity index (χ4v) is 2.04. The second kappa shape index (κ2) is 6.01. The van der Waals surface area contributed by atoms with E-state index in [0.717, 1.165) is 16.9 Å². The second-order valence-corrected chi connectivity index (χ2v) is 5.37. The van der Waals surface area contributed by atoms with E-state index >= 15 is 0 Å². The van der Waals surface area contributed by atoms with Crippen molar-refractivity contribution in [3.63, 3.8) is 0 Å². The van der Waals surface area contributed by atoms with Crippen molar-refractivity contribution in [2.45, 2.75) is 40.3 Å². The van der Waals surface area contributed by atoms with E-state index in [1.165, 1.54) is 0 Å². The number of aromatic nitrogens is 3. The predicted molar refractivity (Wildman–Crippen MR) is 79.5 cm³/mol. The lowest BCUT2D eigenvalue weighted by molar-refractivity contribution is -0.385. The van der Waals surface area contributed by atoms with E-state index in [2.05, 4.69) is 29.5 Å². The Bertz CT molecular complexity index is 663. The number of nitro groups is 1. The number of hydrogen-bond donors (Lipinski definition) is 1. The molecule has 7 heteroatoms. The molecule has 21 heavy (non-hydrogen) atoms. The predicted octanol–water partition coefficient (Wildman–Crippen LogP) is 2.29. The van der Waals surface area contributed by atoms with Gasteiger partial charge in [-0.05, 0) is 25.5 Å². The molecule has 0 fully saturated rings. The van der Waals surface area contributed by atoms with Crippen molar-refractivity contribution >= 4 is 5.69 Å². The van der Waals surface area contributed by atoms with Crippen molar-refractivity contribution < 1.29 is 4.92 Å². The highest BCUT2D eigenvalue weighted by Crippen LogP contribution is 2.24. The van der Waals surface area contributed by atoms with Crippen molar-refractivity contribution in [1.82, 2.24) is 20.3 Å². The van der Waals surface area contributed by atoms with Crippen LogP contribution in [0.5, 0.6) is 0 Å². The van der Waals surface area contributed by atoms with Crippen molar-refractivity contribution in [2.24, 2.45) is 0 Å².